The molecule has 1 aromatic heterocycles. The lowest BCUT2D eigenvalue weighted by molar-refractivity contribution is -0.0164. The van der Waals surface area contributed by atoms with Gasteiger partial charge in [-0.3, -0.25) is 9.78 Å². The number of aromatic nitrogens is 1. The van der Waals surface area contributed by atoms with E-state index in [9.17, 15) is 9.59 Å². The van der Waals surface area contributed by atoms with Crippen LogP contribution >= 0.6 is 0 Å². The van der Waals surface area contributed by atoms with Crippen molar-refractivity contribution in [2.75, 3.05) is 19.7 Å². The highest BCUT2D eigenvalue weighted by Crippen LogP contribution is 2.17. The van der Waals surface area contributed by atoms with E-state index in [4.69, 9.17) is 9.47 Å². The molecule has 2 rings (SSSR count). The summed E-state index contributed by atoms with van der Waals surface area (Å²) in [6.45, 7) is 6.61. The van der Waals surface area contributed by atoms with Crippen LogP contribution in [0.25, 0.3) is 0 Å². The molecule has 6 nitrogen and oxygen atoms in total. The van der Waals surface area contributed by atoms with Crippen LogP contribution in [0.15, 0.2) is 24.4 Å². The normalized spacial score (nSPS) is 18.6. The minimum absolute atomic E-state index is 0.0240. The number of nitrogens with zero attached hydrogens (tertiary/aromatic N) is 2. The van der Waals surface area contributed by atoms with Crippen molar-refractivity contribution in [1.29, 1.82) is 0 Å². The van der Waals surface area contributed by atoms with Crippen molar-refractivity contribution >= 4 is 11.9 Å². The van der Waals surface area contributed by atoms with Crippen molar-refractivity contribution in [1.82, 2.24) is 9.88 Å². The van der Waals surface area contributed by atoms with Gasteiger partial charge in [-0.1, -0.05) is 6.07 Å². The maximum atomic E-state index is 12.1. The predicted molar refractivity (Wildman–Crippen MR) is 85.3 cm³/mol. The van der Waals surface area contributed by atoms with Gasteiger partial charge >= 0.3 is 6.09 Å². The highest BCUT2D eigenvalue weighted by molar-refractivity contribution is 5.95. The number of hydrogen-bond acceptors (Lipinski definition) is 5. The summed E-state index contributed by atoms with van der Waals surface area (Å²) in [6.07, 6.45) is 2.76. The molecule has 0 spiro atoms. The van der Waals surface area contributed by atoms with Crippen LogP contribution in [0.5, 0.6) is 0 Å². The molecule has 0 saturated carbocycles. The largest absolute Gasteiger partial charge is 0.444 e. The molecule has 2 heterocycles. The van der Waals surface area contributed by atoms with Gasteiger partial charge in [0.15, 0.2) is 0 Å². The van der Waals surface area contributed by atoms with Gasteiger partial charge in [-0.15, -0.1) is 0 Å². The van der Waals surface area contributed by atoms with Crippen molar-refractivity contribution in [2.24, 2.45) is 0 Å². The molecule has 1 aliphatic heterocycles. The molecule has 1 aromatic rings. The fraction of sp³-hybridized carbons (Fsp3) is 0.588. The van der Waals surface area contributed by atoms with E-state index in [1.54, 1.807) is 29.3 Å². The van der Waals surface area contributed by atoms with Crippen LogP contribution in [0.4, 0.5) is 4.79 Å². The zero-order valence-corrected chi connectivity index (χ0v) is 13.9. The van der Waals surface area contributed by atoms with Gasteiger partial charge in [0.05, 0.1) is 12.6 Å². The van der Waals surface area contributed by atoms with E-state index in [0.29, 0.717) is 18.8 Å². The lowest BCUT2D eigenvalue weighted by Crippen LogP contribution is -2.45. The van der Waals surface area contributed by atoms with Crippen LogP contribution in [0.3, 0.4) is 0 Å². The van der Waals surface area contributed by atoms with E-state index in [1.807, 2.05) is 20.8 Å². The third-order valence-electron chi connectivity index (χ3n) is 3.43. The third kappa shape index (κ3) is 5.63. The molecular formula is C17H24N2O4. The van der Waals surface area contributed by atoms with Gasteiger partial charge in [0.25, 0.3) is 0 Å². The number of amides is 1. The van der Waals surface area contributed by atoms with Crippen LogP contribution in [0, 0.1) is 0 Å². The monoisotopic (exact) mass is 320 g/mol. The smallest absolute Gasteiger partial charge is 0.410 e. The first kappa shape index (κ1) is 17.4. The Kier molecular flexibility index (Phi) is 5.71. The molecule has 126 valence electrons. The third-order valence-corrected chi connectivity index (χ3v) is 3.43. The SMILES string of the molecule is CC(C)(C)OC(=O)N1CCC[C@@H](OCC(=O)c2ccccn2)C1. The molecule has 0 unspecified atom stereocenters. The summed E-state index contributed by atoms with van der Waals surface area (Å²) >= 11 is 0. The molecule has 1 aliphatic rings. The van der Waals surface area contributed by atoms with Crippen LogP contribution in [-0.2, 0) is 9.47 Å². The standard InChI is InChI=1S/C17H24N2O4/c1-17(2,3)23-16(21)19-10-6-7-13(11-19)22-12-15(20)14-8-4-5-9-18-14/h4-5,8-9,13H,6-7,10-12H2,1-3H3/t13-/m1/s1. The molecule has 1 saturated heterocycles. The van der Waals surface area contributed by atoms with Gasteiger partial charge in [-0.25, -0.2) is 4.79 Å². The van der Waals surface area contributed by atoms with E-state index in [2.05, 4.69) is 4.98 Å². The number of piperidine rings is 1. The molecule has 1 fully saturated rings. The summed E-state index contributed by atoms with van der Waals surface area (Å²) in [4.78, 5) is 29.7. The van der Waals surface area contributed by atoms with Gasteiger partial charge in [0.1, 0.15) is 17.9 Å². The number of carbonyl (C=O) groups is 2. The van der Waals surface area contributed by atoms with Crippen LogP contribution in [-0.4, -0.2) is 53.2 Å². The molecule has 0 aromatic carbocycles. The molecular weight excluding hydrogens is 296 g/mol. The Balaban J connectivity index is 1.82. The molecule has 23 heavy (non-hydrogen) atoms. The lowest BCUT2D eigenvalue weighted by Gasteiger charge is -2.33. The predicted octanol–water partition coefficient (Wildman–Crippen LogP) is 2.68. The number of ketones is 1. The summed E-state index contributed by atoms with van der Waals surface area (Å²) in [7, 11) is 0. The number of rotatable bonds is 4. The molecule has 0 bridgehead atoms. The average Bonchev–Trinajstić information content (AvgIpc) is 2.52. The Bertz CT molecular complexity index is 539. The highest BCUT2D eigenvalue weighted by atomic mass is 16.6. The molecule has 1 amide bonds. The van der Waals surface area contributed by atoms with Gasteiger partial charge in [-0.05, 0) is 45.7 Å². The quantitative estimate of drug-likeness (QED) is 0.798. The Morgan fingerprint density at radius 1 is 1.35 bits per heavy atom. The van der Waals surface area contributed by atoms with E-state index in [0.717, 1.165) is 12.8 Å². The maximum Gasteiger partial charge on any atom is 0.410 e. The first-order valence-corrected chi connectivity index (χ1v) is 7.89. The molecule has 0 aliphatic carbocycles. The number of Topliss-reactive ketones (excluding diaryl/α,β-unsaturated/α-hetero) is 1. The van der Waals surface area contributed by atoms with Crippen LogP contribution in [0.2, 0.25) is 0 Å². The van der Waals surface area contributed by atoms with Crippen LogP contribution in [0.1, 0.15) is 44.1 Å². The Hall–Kier alpha value is -1.95. The van der Waals surface area contributed by atoms with Crippen molar-refractivity contribution in [3.05, 3.63) is 30.1 Å². The first-order valence-electron chi connectivity index (χ1n) is 7.89. The van der Waals surface area contributed by atoms with Crippen LogP contribution < -0.4 is 0 Å². The van der Waals surface area contributed by atoms with Crippen molar-refractivity contribution in [3.8, 4) is 0 Å². The lowest BCUT2D eigenvalue weighted by atomic mass is 10.1. The van der Waals surface area contributed by atoms with E-state index in [-0.39, 0.29) is 24.6 Å². The van der Waals surface area contributed by atoms with Gasteiger partial charge in [0, 0.05) is 12.7 Å². The average molecular weight is 320 g/mol. The summed E-state index contributed by atoms with van der Waals surface area (Å²) < 4.78 is 11.0. The van der Waals surface area contributed by atoms with Gasteiger partial charge in [-0.2, -0.15) is 0 Å². The van der Waals surface area contributed by atoms with E-state index < -0.39 is 5.60 Å². The molecule has 6 heteroatoms. The fourth-order valence-electron chi connectivity index (χ4n) is 2.36. The highest BCUT2D eigenvalue weighted by Gasteiger charge is 2.28. The van der Waals surface area contributed by atoms with E-state index >= 15 is 0 Å². The van der Waals surface area contributed by atoms with Gasteiger partial charge < -0.3 is 14.4 Å². The fourth-order valence-corrected chi connectivity index (χ4v) is 2.36. The Morgan fingerprint density at radius 3 is 2.78 bits per heavy atom. The van der Waals surface area contributed by atoms with Gasteiger partial charge in [0.2, 0.25) is 5.78 Å². The number of pyridine rings is 1. The number of carbonyl (C=O) groups excluding carboxylic acids is 2. The second kappa shape index (κ2) is 7.55. The summed E-state index contributed by atoms with van der Waals surface area (Å²) in [5, 5.41) is 0. The molecule has 0 N–H and O–H groups in total. The number of likely N-dealkylation sites (tertiary alicyclic amines) is 1. The minimum Gasteiger partial charge on any atom is -0.444 e. The Labute approximate surface area is 136 Å². The Morgan fingerprint density at radius 2 is 2.13 bits per heavy atom. The number of ether oxygens (including phenoxy) is 2. The van der Waals surface area contributed by atoms with Crippen molar-refractivity contribution in [2.45, 2.75) is 45.3 Å². The number of hydrogen-bond donors (Lipinski definition) is 0. The second-order valence-electron chi connectivity index (χ2n) is 6.64. The summed E-state index contributed by atoms with van der Waals surface area (Å²) in [5.41, 5.74) is -0.118. The van der Waals surface area contributed by atoms with Crippen molar-refractivity contribution < 1.29 is 19.1 Å². The minimum atomic E-state index is -0.514. The van der Waals surface area contributed by atoms with E-state index in [1.165, 1.54) is 0 Å². The van der Waals surface area contributed by atoms with Crippen molar-refractivity contribution in [3.63, 3.8) is 0 Å². The maximum absolute atomic E-state index is 12.1. The summed E-state index contributed by atoms with van der Waals surface area (Å²) in [5.74, 6) is -0.153. The topological polar surface area (TPSA) is 68.7 Å². The molecule has 0 radical (unpaired) electrons. The zero-order valence-electron chi connectivity index (χ0n) is 13.9. The summed E-state index contributed by atoms with van der Waals surface area (Å²) in [6, 6.07) is 5.20. The first-order chi connectivity index (χ1) is 10.8. The second-order valence-corrected chi connectivity index (χ2v) is 6.64. The zero-order chi connectivity index (χ0) is 16.9. The molecule has 1 atom stereocenters.